The Labute approximate surface area is 108 Å². The molecule has 2 nitrogen and oxygen atoms in total. The van der Waals surface area contributed by atoms with Gasteiger partial charge in [0.05, 0.1) is 0 Å². The smallest absolute Gasteiger partial charge is 0.119 e. The minimum absolute atomic E-state index is 0.121. The fourth-order valence-electron chi connectivity index (χ4n) is 2.99. The first kappa shape index (κ1) is 12.7. The van der Waals surface area contributed by atoms with Crippen molar-refractivity contribution in [2.45, 2.75) is 26.7 Å². The predicted octanol–water partition coefficient (Wildman–Crippen LogP) is 3.58. The van der Waals surface area contributed by atoms with E-state index < -0.39 is 0 Å². The monoisotopic (exact) mass is 244 g/mol. The normalized spacial score (nSPS) is 26.4. The van der Waals surface area contributed by atoms with Crippen molar-refractivity contribution in [1.29, 1.82) is 0 Å². The minimum Gasteiger partial charge on any atom is -0.508 e. The number of allylic oxidation sites excluding steroid dienone is 2. The number of rotatable bonds is 2. The van der Waals surface area contributed by atoms with Crippen molar-refractivity contribution >= 4 is 0 Å². The van der Waals surface area contributed by atoms with Crippen LogP contribution in [0, 0.1) is 11.3 Å². The zero-order valence-electron chi connectivity index (χ0n) is 11.0. The summed E-state index contributed by atoms with van der Waals surface area (Å²) < 4.78 is 0. The Morgan fingerprint density at radius 3 is 2.39 bits per heavy atom. The standard InChI is InChI=1S/C16H20O2/c1-5-16(4)9-12-11(8-13(16)10(2)3)14(17)6-7-15(12)18/h5-7,13,17-18H,1-2,8-9H2,3-4H3. The van der Waals surface area contributed by atoms with Gasteiger partial charge in [-0.3, -0.25) is 0 Å². The van der Waals surface area contributed by atoms with Gasteiger partial charge in [0.25, 0.3) is 0 Å². The molecule has 18 heavy (non-hydrogen) atoms. The second-order valence-corrected chi connectivity index (χ2v) is 5.55. The molecule has 2 heteroatoms. The minimum atomic E-state index is -0.121. The first-order chi connectivity index (χ1) is 8.39. The van der Waals surface area contributed by atoms with E-state index in [0.717, 1.165) is 16.7 Å². The molecule has 0 aliphatic heterocycles. The summed E-state index contributed by atoms with van der Waals surface area (Å²) in [7, 11) is 0. The zero-order chi connectivity index (χ0) is 13.5. The van der Waals surface area contributed by atoms with Crippen LogP contribution in [-0.2, 0) is 12.8 Å². The third kappa shape index (κ3) is 1.82. The Kier molecular flexibility index (Phi) is 2.97. The highest BCUT2D eigenvalue weighted by atomic mass is 16.3. The Hall–Kier alpha value is -1.70. The number of phenolic OH excluding ortho intramolecular Hbond substituents is 2. The molecule has 0 spiro atoms. The fourth-order valence-corrected chi connectivity index (χ4v) is 2.99. The molecule has 0 bridgehead atoms. The van der Waals surface area contributed by atoms with Gasteiger partial charge < -0.3 is 10.2 Å². The van der Waals surface area contributed by atoms with E-state index in [4.69, 9.17) is 0 Å². The lowest BCUT2D eigenvalue weighted by atomic mass is 9.63. The highest BCUT2D eigenvalue weighted by molar-refractivity contribution is 5.51. The highest BCUT2D eigenvalue weighted by Crippen LogP contribution is 2.48. The van der Waals surface area contributed by atoms with E-state index in [9.17, 15) is 10.2 Å². The molecule has 2 rings (SSSR count). The van der Waals surface area contributed by atoms with Gasteiger partial charge >= 0.3 is 0 Å². The Balaban J connectivity index is 2.58. The maximum atomic E-state index is 9.97. The maximum absolute atomic E-state index is 9.97. The molecule has 1 aliphatic rings. The summed E-state index contributed by atoms with van der Waals surface area (Å²) in [5.41, 5.74) is 2.66. The summed E-state index contributed by atoms with van der Waals surface area (Å²) in [6, 6.07) is 3.11. The predicted molar refractivity (Wildman–Crippen MR) is 73.8 cm³/mol. The van der Waals surface area contributed by atoms with Gasteiger partial charge in [-0.25, -0.2) is 0 Å². The summed E-state index contributed by atoms with van der Waals surface area (Å²) in [5.74, 6) is 0.770. The van der Waals surface area contributed by atoms with Crippen molar-refractivity contribution in [2.75, 3.05) is 0 Å². The van der Waals surface area contributed by atoms with Crippen molar-refractivity contribution < 1.29 is 10.2 Å². The van der Waals surface area contributed by atoms with Gasteiger partial charge in [-0.15, -0.1) is 6.58 Å². The first-order valence-corrected chi connectivity index (χ1v) is 6.20. The molecule has 1 aromatic carbocycles. The van der Waals surface area contributed by atoms with E-state index in [2.05, 4.69) is 20.1 Å². The van der Waals surface area contributed by atoms with Crippen LogP contribution in [0.5, 0.6) is 11.5 Å². The van der Waals surface area contributed by atoms with Gasteiger partial charge in [-0.05, 0) is 43.2 Å². The molecule has 1 aliphatic carbocycles. The van der Waals surface area contributed by atoms with E-state index in [1.807, 2.05) is 13.0 Å². The summed E-state index contributed by atoms with van der Waals surface area (Å²) in [4.78, 5) is 0. The summed E-state index contributed by atoms with van der Waals surface area (Å²) >= 11 is 0. The molecule has 0 amide bonds. The number of benzene rings is 1. The molecule has 2 N–H and O–H groups in total. The number of hydrogen-bond acceptors (Lipinski definition) is 2. The van der Waals surface area contributed by atoms with Crippen LogP contribution in [0.25, 0.3) is 0 Å². The molecule has 0 radical (unpaired) electrons. The van der Waals surface area contributed by atoms with Crippen LogP contribution in [0.3, 0.4) is 0 Å². The molecule has 0 saturated heterocycles. The van der Waals surface area contributed by atoms with Gasteiger partial charge in [0.2, 0.25) is 0 Å². The number of aromatic hydroxyl groups is 2. The van der Waals surface area contributed by atoms with Gasteiger partial charge in [0.15, 0.2) is 0 Å². The van der Waals surface area contributed by atoms with Crippen LogP contribution < -0.4 is 0 Å². The van der Waals surface area contributed by atoms with Gasteiger partial charge in [0.1, 0.15) is 11.5 Å². The van der Waals surface area contributed by atoms with E-state index in [1.165, 1.54) is 0 Å². The molecular formula is C16H20O2. The average Bonchev–Trinajstić information content (AvgIpc) is 2.33. The van der Waals surface area contributed by atoms with Gasteiger partial charge in [0, 0.05) is 11.1 Å². The molecule has 96 valence electrons. The summed E-state index contributed by atoms with van der Waals surface area (Å²) in [6.45, 7) is 12.1. The third-order valence-electron chi connectivity index (χ3n) is 4.20. The second kappa shape index (κ2) is 4.20. The molecule has 0 saturated carbocycles. The molecule has 0 heterocycles. The highest BCUT2D eigenvalue weighted by Gasteiger charge is 2.39. The molecule has 0 fully saturated rings. The van der Waals surface area contributed by atoms with Gasteiger partial charge in [-0.2, -0.15) is 0 Å². The number of fused-ring (bicyclic) bond motifs is 1. The Bertz CT molecular complexity index is 516. The Morgan fingerprint density at radius 2 is 1.89 bits per heavy atom. The molecule has 0 aromatic heterocycles. The maximum Gasteiger partial charge on any atom is 0.119 e. The van der Waals surface area contributed by atoms with Crippen molar-refractivity contribution in [1.82, 2.24) is 0 Å². The van der Waals surface area contributed by atoms with Gasteiger partial charge in [-0.1, -0.05) is 25.2 Å². The van der Waals surface area contributed by atoms with Crippen molar-refractivity contribution in [2.24, 2.45) is 11.3 Å². The van der Waals surface area contributed by atoms with Crippen LogP contribution in [-0.4, -0.2) is 10.2 Å². The average molecular weight is 244 g/mol. The topological polar surface area (TPSA) is 40.5 Å². The third-order valence-corrected chi connectivity index (χ3v) is 4.20. The van der Waals surface area contributed by atoms with E-state index in [1.54, 1.807) is 12.1 Å². The lowest BCUT2D eigenvalue weighted by Gasteiger charge is -2.41. The molecule has 2 unspecified atom stereocenters. The summed E-state index contributed by atoms with van der Waals surface area (Å²) in [5, 5.41) is 19.9. The molecule has 2 atom stereocenters. The van der Waals surface area contributed by atoms with Crippen LogP contribution in [0.4, 0.5) is 0 Å². The molecular weight excluding hydrogens is 224 g/mol. The molecule has 1 aromatic rings. The first-order valence-electron chi connectivity index (χ1n) is 6.20. The fraction of sp³-hybridized carbons (Fsp3) is 0.375. The van der Waals surface area contributed by atoms with Crippen molar-refractivity contribution in [3.63, 3.8) is 0 Å². The van der Waals surface area contributed by atoms with E-state index >= 15 is 0 Å². The van der Waals surface area contributed by atoms with Crippen LogP contribution in [0.1, 0.15) is 25.0 Å². The SMILES string of the molecule is C=CC1(C)Cc2c(O)ccc(O)c2CC1C(=C)C. The lowest BCUT2D eigenvalue weighted by molar-refractivity contribution is 0.263. The van der Waals surface area contributed by atoms with Crippen LogP contribution in [0.2, 0.25) is 0 Å². The largest absolute Gasteiger partial charge is 0.508 e. The van der Waals surface area contributed by atoms with Crippen LogP contribution >= 0.6 is 0 Å². The zero-order valence-corrected chi connectivity index (χ0v) is 11.0. The van der Waals surface area contributed by atoms with Crippen LogP contribution in [0.15, 0.2) is 36.9 Å². The second-order valence-electron chi connectivity index (χ2n) is 5.55. The van der Waals surface area contributed by atoms with E-state index in [0.29, 0.717) is 12.8 Å². The summed E-state index contributed by atoms with van der Waals surface area (Å²) in [6.07, 6.45) is 3.33. The number of hydrogen-bond donors (Lipinski definition) is 2. The van der Waals surface area contributed by atoms with Crippen molar-refractivity contribution in [3.8, 4) is 11.5 Å². The number of phenols is 2. The van der Waals surface area contributed by atoms with Crippen molar-refractivity contribution in [3.05, 3.63) is 48.1 Å². The lowest BCUT2D eigenvalue weighted by Crippen LogP contribution is -2.34. The quantitative estimate of drug-likeness (QED) is 0.616. The Morgan fingerprint density at radius 1 is 1.33 bits per heavy atom. The van der Waals surface area contributed by atoms with E-state index in [-0.39, 0.29) is 22.8 Å².